The Morgan fingerprint density at radius 2 is 1.81 bits per heavy atom. The van der Waals surface area contributed by atoms with Gasteiger partial charge in [0.15, 0.2) is 5.78 Å². The molecule has 0 saturated heterocycles. The summed E-state index contributed by atoms with van der Waals surface area (Å²) in [6.45, 7) is -0.477. The maximum Gasteiger partial charge on any atom is 0.329 e. The van der Waals surface area contributed by atoms with Crippen molar-refractivity contribution in [1.82, 2.24) is 14.5 Å². The Kier molecular flexibility index (Phi) is 5.54. The van der Waals surface area contributed by atoms with Crippen molar-refractivity contribution in [1.29, 1.82) is 0 Å². The third kappa shape index (κ3) is 3.49. The summed E-state index contributed by atoms with van der Waals surface area (Å²) in [5.41, 5.74) is -1.47. The number of rotatable bonds is 4. The van der Waals surface area contributed by atoms with E-state index in [-0.39, 0.29) is 5.78 Å². The number of H-pyrrole nitrogens is 1. The minimum absolute atomic E-state index is 0.0949. The summed E-state index contributed by atoms with van der Waals surface area (Å²) in [5, 5.41) is 0.713. The van der Waals surface area contributed by atoms with Gasteiger partial charge in [-0.3, -0.25) is 19.0 Å². The minimum Gasteiger partial charge on any atom is -0.327 e. The average molecular weight is 440 g/mol. The van der Waals surface area contributed by atoms with Crippen LogP contribution in [0.4, 0.5) is 0 Å². The molecule has 8 heteroatoms. The van der Waals surface area contributed by atoms with Gasteiger partial charge in [0.05, 0.1) is 10.9 Å². The number of Topliss-reactive ketones (excluding diaryl/α,β-unsaturated/α-hetero) is 1. The highest BCUT2D eigenvalue weighted by Gasteiger charge is 2.47. The highest BCUT2D eigenvalue weighted by Crippen LogP contribution is 2.42. The zero-order chi connectivity index (χ0) is 22.2. The number of benzene rings is 2. The van der Waals surface area contributed by atoms with Gasteiger partial charge in [-0.25, -0.2) is 4.79 Å². The fourth-order valence-corrected chi connectivity index (χ4v) is 4.72. The van der Waals surface area contributed by atoms with Crippen molar-refractivity contribution in [3.63, 3.8) is 0 Å². The summed E-state index contributed by atoms with van der Waals surface area (Å²) in [6.07, 6.45) is 2.27. The first-order valence-electron chi connectivity index (χ1n) is 10.1. The first kappa shape index (κ1) is 21.1. The zero-order valence-corrected chi connectivity index (χ0v) is 17.8. The van der Waals surface area contributed by atoms with Crippen LogP contribution < -0.4 is 11.2 Å². The fraction of sp³-hybridized carbons (Fsp3) is 0.304. The lowest BCUT2D eigenvalue weighted by Gasteiger charge is -2.44. The number of nitrogens with zero attached hydrogens (tertiary/aromatic N) is 2. The van der Waals surface area contributed by atoms with Gasteiger partial charge in [0.1, 0.15) is 12.1 Å². The van der Waals surface area contributed by atoms with E-state index >= 15 is 0 Å². The Balaban J connectivity index is 1.77. The number of aromatic amines is 1. The molecule has 1 heterocycles. The second-order valence-electron chi connectivity index (χ2n) is 7.79. The molecule has 1 fully saturated rings. The van der Waals surface area contributed by atoms with Crippen molar-refractivity contribution in [3.05, 3.63) is 80.0 Å². The maximum atomic E-state index is 13.3. The molecule has 0 radical (unpaired) electrons. The van der Waals surface area contributed by atoms with Gasteiger partial charge >= 0.3 is 5.69 Å². The number of nitrogens with one attached hydrogen (secondary N) is 1. The Bertz CT molecular complexity index is 1300. The van der Waals surface area contributed by atoms with Crippen LogP contribution in [0.15, 0.2) is 58.1 Å². The molecule has 1 unspecified atom stereocenters. The SMILES string of the molecule is CN(C(=O)Cn1c(=O)[nH]c2ccccc2c1=O)C1(c2ccccc2Cl)CCCCC1=O. The number of fused-ring (bicyclic) bond motifs is 1. The third-order valence-electron chi connectivity index (χ3n) is 6.10. The smallest absolute Gasteiger partial charge is 0.327 e. The van der Waals surface area contributed by atoms with Gasteiger partial charge < -0.3 is 9.88 Å². The number of hydrogen-bond donors (Lipinski definition) is 1. The van der Waals surface area contributed by atoms with Gasteiger partial charge in [0.2, 0.25) is 5.91 Å². The van der Waals surface area contributed by atoms with Crippen molar-refractivity contribution in [3.8, 4) is 0 Å². The van der Waals surface area contributed by atoms with Crippen molar-refractivity contribution in [2.75, 3.05) is 7.05 Å². The molecule has 3 aromatic rings. The number of aromatic nitrogens is 2. The Morgan fingerprint density at radius 1 is 1.10 bits per heavy atom. The van der Waals surface area contributed by atoms with Crippen LogP contribution in [0.3, 0.4) is 0 Å². The van der Waals surface area contributed by atoms with Crippen molar-refractivity contribution < 1.29 is 9.59 Å². The van der Waals surface area contributed by atoms with E-state index in [0.717, 1.165) is 17.4 Å². The molecule has 0 spiro atoms. The summed E-state index contributed by atoms with van der Waals surface area (Å²) >= 11 is 6.44. The Labute approximate surface area is 183 Å². The predicted molar refractivity (Wildman–Crippen MR) is 118 cm³/mol. The predicted octanol–water partition coefficient (Wildman–Crippen LogP) is 2.84. The van der Waals surface area contributed by atoms with Gasteiger partial charge in [-0.05, 0) is 37.5 Å². The molecular formula is C23H22ClN3O4. The van der Waals surface area contributed by atoms with E-state index in [2.05, 4.69) is 4.98 Å². The Morgan fingerprint density at radius 3 is 2.55 bits per heavy atom. The number of hydrogen-bond acceptors (Lipinski definition) is 4. The van der Waals surface area contributed by atoms with E-state index in [4.69, 9.17) is 11.6 Å². The van der Waals surface area contributed by atoms with E-state index < -0.39 is 29.2 Å². The van der Waals surface area contributed by atoms with Crippen molar-refractivity contribution >= 4 is 34.2 Å². The second-order valence-corrected chi connectivity index (χ2v) is 8.20. The molecule has 1 N–H and O–H groups in total. The number of halogens is 1. The summed E-state index contributed by atoms with van der Waals surface area (Å²) in [7, 11) is 1.54. The fourth-order valence-electron chi connectivity index (χ4n) is 4.43. The van der Waals surface area contributed by atoms with Crippen LogP contribution >= 0.6 is 11.6 Å². The molecule has 2 aromatic carbocycles. The average Bonchev–Trinajstić information content (AvgIpc) is 2.77. The maximum absolute atomic E-state index is 13.3. The zero-order valence-electron chi connectivity index (χ0n) is 17.1. The van der Waals surface area contributed by atoms with E-state index in [1.807, 2.05) is 0 Å². The molecule has 160 valence electrons. The van der Waals surface area contributed by atoms with Crippen LogP contribution in [0, 0.1) is 0 Å². The monoisotopic (exact) mass is 439 g/mol. The van der Waals surface area contributed by atoms with E-state index in [0.29, 0.717) is 34.3 Å². The topological polar surface area (TPSA) is 92.2 Å². The number of para-hydroxylation sites is 1. The molecule has 31 heavy (non-hydrogen) atoms. The molecule has 1 atom stereocenters. The van der Waals surface area contributed by atoms with Gasteiger partial charge in [-0.15, -0.1) is 0 Å². The first-order valence-corrected chi connectivity index (χ1v) is 10.5. The molecule has 4 rings (SSSR count). The molecule has 0 bridgehead atoms. The Hall–Kier alpha value is -3.19. The normalized spacial score (nSPS) is 18.8. The van der Waals surface area contributed by atoms with Crippen LogP contribution in [0.25, 0.3) is 10.9 Å². The summed E-state index contributed by atoms with van der Waals surface area (Å²) in [6, 6.07) is 13.6. The lowest BCUT2D eigenvalue weighted by atomic mass is 9.74. The number of ketones is 1. The van der Waals surface area contributed by atoms with E-state index in [9.17, 15) is 19.2 Å². The lowest BCUT2D eigenvalue weighted by Crippen LogP contribution is -2.55. The van der Waals surface area contributed by atoms with Crippen LogP contribution in [0.2, 0.25) is 5.02 Å². The van der Waals surface area contributed by atoms with Crippen molar-refractivity contribution in [2.45, 2.75) is 37.8 Å². The highest BCUT2D eigenvalue weighted by molar-refractivity contribution is 6.31. The molecule has 7 nitrogen and oxygen atoms in total. The molecule has 1 aromatic heterocycles. The van der Waals surface area contributed by atoms with Crippen LogP contribution in [0.1, 0.15) is 31.2 Å². The second kappa shape index (κ2) is 8.15. The lowest BCUT2D eigenvalue weighted by molar-refractivity contribution is -0.148. The van der Waals surface area contributed by atoms with Crippen LogP contribution in [-0.2, 0) is 21.7 Å². The van der Waals surface area contributed by atoms with Gasteiger partial charge in [-0.2, -0.15) is 0 Å². The summed E-state index contributed by atoms with van der Waals surface area (Å²) < 4.78 is 0.870. The highest BCUT2D eigenvalue weighted by atomic mass is 35.5. The standard InChI is InChI=1S/C23H22ClN3O4/c1-26(23(13-7-6-12-19(23)28)16-9-3-4-10-17(16)24)20(29)14-27-21(30)15-8-2-5-11-18(15)25-22(27)31/h2-5,8-11H,6-7,12-14H2,1H3,(H,25,31). The quantitative estimate of drug-likeness (QED) is 0.676. The number of carbonyl (C=O) groups is 2. The van der Waals surface area contributed by atoms with Gasteiger partial charge in [0, 0.05) is 24.1 Å². The van der Waals surface area contributed by atoms with Gasteiger partial charge in [0.25, 0.3) is 5.56 Å². The minimum atomic E-state index is -1.22. The third-order valence-corrected chi connectivity index (χ3v) is 6.43. The van der Waals surface area contributed by atoms with Gasteiger partial charge in [-0.1, -0.05) is 41.9 Å². The molecule has 1 aliphatic rings. The van der Waals surface area contributed by atoms with Crippen LogP contribution in [-0.4, -0.2) is 33.2 Å². The molecule has 1 aliphatic carbocycles. The molecular weight excluding hydrogens is 418 g/mol. The number of amides is 1. The van der Waals surface area contributed by atoms with Crippen molar-refractivity contribution in [2.24, 2.45) is 0 Å². The summed E-state index contributed by atoms with van der Waals surface area (Å²) in [5.74, 6) is -0.611. The molecule has 1 saturated carbocycles. The number of likely N-dealkylation sites (N-methyl/N-ethyl adjacent to an activating group) is 1. The number of carbonyl (C=O) groups excluding carboxylic acids is 2. The summed E-state index contributed by atoms with van der Waals surface area (Å²) in [4.78, 5) is 55.8. The molecule has 1 amide bonds. The van der Waals surface area contributed by atoms with E-state index in [1.165, 1.54) is 11.9 Å². The van der Waals surface area contributed by atoms with E-state index in [1.54, 1.807) is 48.5 Å². The largest absolute Gasteiger partial charge is 0.329 e. The van der Waals surface area contributed by atoms with Crippen LogP contribution in [0.5, 0.6) is 0 Å². The first-order chi connectivity index (χ1) is 14.9. The molecule has 0 aliphatic heterocycles.